The Morgan fingerprint density at radius 2 is 1.60 bits per heavy atom. The third kappa shape index (κ3) is 5.29. The minimum atomic E-state index is -0.726. The lowest BCUT2D eigenvalue weighted by Gasteiger charge is -2.46. The second-order valence-electron chi connectivity index (χ2n) is 7.57. The molecule has 5 nitrogen and oxygen atoms in total. The van der Waals surface area contributed by atoms with Crippen molar-refractivity contribution in [2.45, 2.75) is 71.8 Å². The van der Waals surface area contributed by atoms with E-state index < -0.39 is 11.2 Å². The summed E-state index contributed by atoms with van der Waals surface area (Å²) in [4.78, 5) is 16.1. The summed E-state index contributed by atoms with van der Waals surface area (Å²) in [6, 6.07) is 0.412. The van der Waals surface area contributed by atoms with Crippen molar-refractivity contribution < 1.29 is 14.6 Å². The largest absolute Gasteiger partial charge is 0.444 e. The lowest BCUT2D eigenvalue weighted by atomic mass is 10.0. The summed E-state index contributed by atoms with van der Waals surface area (Å²) >= 11 is 0. The fourth-order valence-corrected chi connectivity index (χ4v) is 2.59. The Labute approximate surface area is 122 Å². The molecule has 0 radical (unpaired) electrons. The third-order valence-electron chi connectivity index (χ3n) is 3.32. The average Bonchev–Trinajstić information content (AvgIpc) is 2.19. The Hall–Kier alpha value is -0.810. The first-order chi connectivity index (χ1) is 8.89. The van der Waals surface area contributed by atoms with Gasteiger partial charge in [0.1, 0.15) is 5.60 Å². The molecule has 20 heavy (non-hydrogen) atoms. The van der Waals surface area contributed by atoms with Gasteiger partial charge in [-0.1, -0.05) is 0 Å². The molecule has 1 heterocycles. The molecule has 2 atom stereocenters. The minimum absolute atomic E-state index is 0.206. The molecule has 0 saturated carbocycles. The number of carbonyl (C=O) groups is 1. The second-order valence-corrected chi connectivity index (χ2v) is 7.57. The maximum atomic E-state index is 12.1. The second kappa shape index (κ2) is 5.90. The van der Waals surface area contributed by atoms with E-state index in [4.69, 9.17) is 4.74 Å². The van der Waals surface area contributed by atoms with E-state index in [9.17, 15) is 9.90 Å². The van der Waals surface area contributed by atoms with E-state index in [0.717, 1.165) is 0 Å². The van der Waals surface area contributed by atoms with Crippen LogP contribution < -0.4 is 0 Å². The summed E-state index contributed by atoms with van der Waals surface area (Å²) < 4.78 is 5.43. The first-order valence-electron chi connectivity index (χ1n) is 7.35. The van der Waals surface area contributed by atoms with Crippen LogP contribution >= 0.6 is 0 Å². The lowest BCUT2D eigenvalue weighted by Crippen LogP contribution is -2.60. The molecule has 5 heteroatoms. The predicted molar refractivity (Wildman–Crippen MR) is 79.7 cm³/mol. The van der Waals surface area contributed by atoms with Crippen molar-refractivity contribution in [1.82, 2.24) is 9.80 Å². The maximum absolute atomic E-state index is 12.1. The van der Waals surface area contributed by atoms with Crippen LogP contribution in [0.3, 0.4) is 0 Å². The van der Waals surface area contributed by atoms with Crippen molar-refractivity contribution in [3.05, 3.63) is 0 Å². The van der Waals surface area contributed by atoms with Crippen LogP contribution in [0.1, 0.15) is 48.5 Å². The van der Waals surface area contributed by atoms with Crippen LogP contribution in [0.15, 0.2) is 0 Å². The summed E-state index contributed by atoms with van der Waals surface area (Å²) in [5.74, 6) is 0. The van der Waals surface area contributed by atoms with Gasteiger partial charge in [-0.25, -0.2) is 4.79 Å². The van der Waals surface area contributed by atoms with Crippen molar-refractivity contribution in [2.24, 2.45) is 0 Å². The fraction of sp³-hybridized carbons (Fsp3) is 0.933. The molecule has 0 unspecified atom stereocenters. The summed E-state index contributed by atoms with van der Waals surface area (Å²) in [6.45, 7) is 15.3. The number of ether oxygens (including phenoxy) is 1. The molecule has 0 aromatic rings. The highest BCUT2D eigenvalue weighted by molar-refractivity contribution is 5.68. The molecule has 1 aliphatic heterocycles. The highest BCUT2D eigenvalue weighted by Crippen LogP contribution is 2.20. The van der Waals surface area contributed by atoms with Crippen LogP contribution in [0, 0.1) is 0 Å². The van der Waals surface area contributed by atoms with Crippen LogP contribution in [-0.2, 0) is 4.74 Å². The van der Waals surface area contributed by atoms with Crippen molar-refractivity contribution in [3.63, 3.8) is 0 Å². The molecular formula is C15H30N2O3. The number of piperazine rings is 1. The standard InChI is InChI=1S/C15H30N2O3/c1-11-8-16(13(18)20-14(3,4)5)9-12(2)17(11)10-15(6,7)19/h11-12,19H,8-10H2,1-7H3/t11-,12+. The highest BCUT2D eigenvalue weighted by Gasteiger charge is 2.35. The Morgan fingerprint density at radius 3 is 1.95 bits per heavy atom. The van der Waals surface area contributed by atoms with Crippen molar-refractivity contribution in [1.29, 1.82) is 0 Å². The van der Waals surface area contributed by atoms with E-state index in [2.05, 4.69) is 18.7 Å². The maximum Gasteiger partial charge on any atom is 0.410 e. The number of rotatable bonds is 2. The molecular weight excluding hydrogens is 256 g/mol. The SMILES string of the molecule is C[C@@H]1CN(C(=O)OC(C)(C)C)C[C@H](C)N1CC(C)(C)O. The zero-order valence-electron chi connectivity index (χ0n) is 13.9. The molecule has 0 aromatic carbocycles. The lowest BCUT2D eigenvalue weighted by molar-refractivity contribution is -0.0373. The minimum Gasteiger partial charge on any atom is -0.444 e. The van der Waals surface area contributed by atoms with E-state index in [1.54, 1.807) is 4.90 Å². The first-order valence-corrected chi connectivity index (χ1v) is 7.35. The van der Waals surface area contributed by atoms with Crippen LogP contribution in [0.5, 0.6) is 0 Å². The summed E-state index contributed by atoms with van der Waals surface area (Å²) in [5, 5.41) is 9.99. The monoisotopic (exact) mass is 286 g/mol. The van der Waals surface area contributed by atoms with Gasteiger partial charge >= 0.3 is 6.09 Å². The van der Waals surface area contributed by atoms with Gasteiger partial charge < -0.3 is 14.7 Å². The van der Waals surface area contributed by atoms with E-state index in [-0.39, 0.29) is 18.2 Å². The van der Waals surface area contributed by atoms with Gasteiger partial charge in [-0.2, -0.15) is 0 Å². The molecule has 0 spiro atoms. The van der Waals surface area contributed by atoms with Gasteiger partial charge in [-0.3, -0.25) is 4.90 Å². The van der Waals surface area contributed by atoms with E-state index in [1.807, 2.05) is 34.6 Å². The van der Waals surface area contributed by atoms with Crippen molar-refractivity contribution >= 4 is 6.09 Å². The normalized spacial score (nSPS) is 25.7. The summed E-state index contributed by atoms with van der Waals surface area (Å²) in [7, 11) is 0. The highest BCUT2D eigenvalue weighted by atomic mass is 16.6. The average molecular weight is 286 g/mol. The molecule has 1 saturated heterocycles. The number of aliphatic hydroxyl groups is 1. The molecule has 1 amide bonds. The zero-order valence-corrected chi connectivity index (χ0v) is 13.9. The summed E-state index contributed by atoms with van der Waals surface area (Å²) in [6.07, 6.45) is -0.251. The smallest absolute Gasteiger partial charge is 0.410 e. The molecule has 1 N–H and O–H groups in total. The Morgan fingerprint density at radius 1 is 1.15 bits per heavy atom. The van der Waals surface area contributed by atoms with Gasteiger partial charge in [0.25, 0.3) is 0 Å². The first kappa shape index (κ1) is 17.2. The van der Waals surface area contributed by atoms with Crippen molar-refractivity contribution in [3.8, 4) is 0 Å². The van der Waals surface area contributed by atoms with E-state index >= 15 is 0 Å². The number of hydrogen-bond acceptors (Lipinski definition) is 4. The van der Waals surface area contributed by atoms with Crippen LogP contribution in [0.25, 0.3) is 0 Å². The summed E-state index contributed by atoms with van der Waals surface area (Å²) in [5.41, 5.74) is -1.19. The van der Waals surface area contributed by atoms with Gasteiger partial charge in [0, 0.05) is 31.7 Å². The predicted octanol–water partition coefficient (Wildman–Crippen LogP) is 2.09. The number of β-amino-alcohol motifs (C(OH)–C–C–N with tert-alkyl or cyclic N) is 1. The zero-order chi connectivity index (χ0) is 15.7. The van der Waals surface area contributed by atoms with Crippen LogP contribution in [-0.4, -0.2) is 63.9 Å². The molecule has 118 valence electrons. The van der Waals surface area contributed by atoms with Gasteiger partial charge in [-0.15, -0.1) is 0 Å². The Balaban J connectivity index is 2.66. The van der Waals surface area contributed by atoms with Gasteiger partial charge in [0.2, 0.25) is 0 Å². The quantitative estimate of drug-likeness (QED) is 0.844. The molecule has 1 rings (SSSR count). The Bertz CT molecular complexity index is 332. The number of carbonyl (C=O) groups excluding carboxylic acids is 1. The van der Waals surface area contributed by atoms with Crippen LogP contribution in [0.4, 0.5) is 4.79 Å². The molecule has 0 aromatic heterocycles. The molecule has 1 aliphatic rings. The number of nitrogens with zero attached hydrogens (tertiary/aromatic N) is 2. The molecule has 0 aliphatic carbocycles. The van der Waals surface area contributed by atoms with Gasteiger partial charge in [-0.05, 0) is 48.5 Å². The van der Waals surface area contributed by atoms with E-state index in [1.165, 1.54) is 0 Å². The van der Waals surface area contributed by atoms with E-state index in [0.29, 0.717) is 19.6 Å². The van der Waals surface area contributed by atoms with Gasteiger partial charge in [0.05, 0.1) is 5.60 Å². The molecule has 0 bridgehead atoms. The Kier molecular flexibility index (Phi) is 5.08. The molecule has 1 fully saturated rings. The topological polar surface area (TPSA) is 53.0 Å². The van der Waals surface area contributed by atoms with Gasteiger partial charge in [0.15, 0.2) is 0 Å². The van der Waals surface area contributed by atoms with Crippen LogP contribution in [0.2, 0.25) is 0 Å². The number of amides is 1. The fourth-order valence-electron chi connectivity index (χ4n) is 2.59. The third-order valence-corrected chi connectivity index (χ3v) is 3.32. The number of hydrogen-bond donors (Lipinski definition) is 1. The van der Waals surface area contributed by atoms with Crippen molar-refractivity contribution in [2.75, 3.05) is 19.6 Å².